The van der Waals surface area contributed by atoms with E-state index in [1.54, 1.807) is 6.33 Å². The van der Waals surface area contributed by atoms with Gasteiger partial charge in [-0.05, 0) is 29.4 Å². The molecule has 20 heavy (non-hydrogen) atoms. The van der Waals surface area contributed by atoms with Crippen LogP contribution in [0.1, 0.15) is 36.8 Å². The second-order valence-corrected chi connectivity index (χ2v) is 6.15. The Bertz CT molecular complexity index is 588. The van der Waals surface area contributed by atoms with E-state index in [-0.39, 0.29) is 6.04 Å². The third-order valence-corrected chi connectivity index (χ3v) is 4.08. The zero-order valence-electron chi connectivity index (χ0n) is 12.2. The quantitative estimate of drug-likeness (QED) is 0.927. The van der Waals surface area contributed by atoms with Gasteiger partial charge in [-0.1, -0.05) is 38.1 Å². The highest BCUT2D eigenvalue weighted by Crippen LogP contribution is 2.35. The molecule has 1 aliphatic rings. The van der Waals surface area contributed by atoms with Crippen molar-refractivity contribution in [3.05, 3.63) is 47.5 Å². The molecule has 2 atom stereocenters. The van der Waals surface area contributed by atoms with Gasteiger partial charge in [0.15, 0.2) is 0 Å². The summed E-state index contributed by atoms with van der Waals surface area (Å²) in [7, 11) is 0. The number of fused-ring (bicyclic) bond motifs is 1. The Morgan fingerprint density at radius 2 is 2.15 bits per heavy atom. The minimum Gasteiger partial charge on any atom is -0.324 e. The second-order valence-electron chi connectivity index (χ2n) is 6.15. The molecule has 0 saturated carbocycles. The summed E-state index contributed by atoms with van der Waals surface area (Å²) in [6.45, 7) is 5.31. The topological polar surface area (TPSA) is 56.7 Å². The summed E-state index contributed by atoms with van der Waals surface area (Å²) in [6, 6.07) is 8.63. The number of hydrogen-bond acceptors (Lipinski definition) is 3. The molecule has 3 rings (SSSR count). The van der Waals surface area contributed by atoms with Gasteiger partial charge in [-0.3, -0.25) is 0 Å². The van der Waals surface area contributed by atoms with Crippen LogP contribution in [0.5, 0.6) is 0 Å². The van der Waals surface area contributed by atoms with Crippen molar-refractivity contribution in [2.45, 2.75) is 39.3 Å². The van der Waals surface area contributed by atoms with E-state index in [9.17, 15) is 0 Å². The van der Waals surface area contributed by atoms with Crippen molar-refractivity contribution in [3.63, 3.8) is 0 Å². The van der Waals surface area contributed by atoms with Crippen LogP contribution in [0, 0.1) is 11.8 Å². The van der Waals surface area contributed by atoms with Crippen molar-refractivity contribution in [2.24, 2.45) is 17.6 Å². The minimum absolute atomic E-state index is 0.121. The summed E-state index contributed by atoms with van der Waals surface area (Å²) in [5.74, 6) is 2.07. The fourth-order valence-electron chi connectivity index (χ4n) is 3.09. The van der Waals surface area contributed by atoms with Gasteiger partial charge in [-0.25, -0.2) is 9.67 Å². The Labute approximate surface area is 120 Å². The highest BCUT2D eigenvalue weighted by atomic mass is 15.3. The molecule has 0 bridgehead atoms. The van der Waals surface area contributed by atoms with Gasteiger partial charge in [0.2, 0.25) is 0 Å². The number of aromatic nitrogens is 3. The third kappa shape index (κ3) is 2.48. The maximum atomic E-state index is 6.40. The average Bonchev–Trinajstić information content (AvgIpc) is 2.96. The van der Waals surface area contributed by atoms with Gasteiger partial charge in [0.05, 0.1) is 0 Å². The Hall–Kier alpha value is -1.68. The molecule has 106 valence electrons. The maximum absolute atomic E-state index is 6.40. The van der Waals surface area contributed by atoms with Crippen LogP contribution in [-0.4, -0.2) is 14.8 Å². The molecule has 1 aromatic carbocycles. The van der Waals surface area contributed by atoms with Crippen LogP contribution in [0.4, 0.5) is 0 Å². The van der Waals surface area contributed by atoms with Crippen molar-refractivity contribution in [2.75, 3.05) is 0 Å². The maximum Gasteiger partial charge on any atom is 0.138 e. The summed E-state index contributed by atoms with van der Waals surface area (Å²) in [5, 5.41) is 4.34. The summed E-state index contributed by atoms with van der Waals surface area (Å²) in [5.41, 5.74) is 9.09. The van der Waals surface area contributed by atoms with Crippen molar-refractivity contribution >= 4 is 0 Å². The minimum atomic E-state index is 0.121. The van der Waals surface area contributed by atoms with E-state index in [1.807, 2.05) is 4.68 Å². The molecule has 4 heteroatoms. The number of rotatable bonds is 4. The van der Waals surface area contributed by atoms with Crippen LogP contribution in [0.3, 0.4) is 0 Å². The largest absolute Gasteiger partial charge is 0.324 e. The molecule has 0 saturated heterocycles. The Balaban J connectivity index is 1.76. The van der Waals surface area contributed by atoms with E-state index < -0.39 is 0 Å². The predicted octanol–water partition coefficient (Wildman–Crippen LogP) is 2.35. The lowest BCUT2D eigenvalue weighted by atomic mass is 9.97. The van der Waals surface area contributed by atoms with Gasteiger partial charge in [-0.15, -0.1) is 0 Å². The molecular weight excluding hydrogens is 248 g/mol. The molecule has 0 fully saturated rings. The molecule has 2 unspecified atom stereocenters. The number of hydrogen-bond donors (Lipinski definition) is 1. The van der Waals surface area contributed by atoms with Crippen LogP contribution in [0.15, 0.2) is 30.6 Å². The molecule has 2 aromatic rings. The first-order valence-electron chi connectivity index (χ1n) is 7.35. The molecular formula is C16H22N4. The number of nitrogens with two attached hydrogens (primary N) is 1. The Morgan fingerprint density at radius 1 is 1.35 bits per heavy atom. The van der Waals surface area contributed by atoms with E-state index >= 15 is 0 Å². The zero-order valence-corrected chi connectivity index (χ0v) is 12.2. The SMILES string of the molecule is CC(C)Cn1ncnc1CC1Cc2ccccc2C1N. The average molecular weight is 270 g/mol. The predicted molar refractivity (Wildman–Crippen MR) is 79.1 cm³/mol. The van der Waals surface area contributed by atoms with Crippen LogP contribution < -0.4 is 5.73 Å². The zero-order chi connectivity index (χ0) is 14.1. The molecule has 2 N–H and O–H groups in total. The van der Waals surface area contributed by atoms with Gasteiger partial charge in [0.25, 0.3) is 0 Å². The van der Waals surface area contributed by atoms with E-state index in [0.29, 0.717) is 11.8 Å². The van der Waals surface area contributed by atoms with Crippen LogP contribution in [-0.2, 0) is 19.4 Å². The fourth-order valence-corrected chi connectivity index (χ4v) is 3.09. The lowest BCUT2D eigenvalue weighted by Gasteiger charge is -2.16. The van der Waals surface area contributed by atoms with Gasteiger partial charge in [-0.2, -0.15) is 5.10 Å². The molecule has 0 spiro atoms. The van der Waals surface area contributed by atoms with Crippen LogP contribution in [0.25, 0.3) is 0 Å². The Kier molecular flexibility index (Phi) is 3.57. The van der Waals surface area contributed by atoms with Crippen molar-refractivity contribution < 1.29 is 0 Å². The van der Waals surface area contributed by atoms with Gasteiger partial charge >= 0.3 is 0 Å². The van der Waals surface area contributed by atoms with Crippen molar-refractivity contribution in [3.8, 4) is 0 Å². The first-order chi connectivity index (χ1) is 9.65. The third-order valence-electron chi connectivity index (χ3n) is 4.08. The van der Waals surface area contributed by atoms with Crippen molar-refractivity contribution in [1.29, 1.82) is 0 Å². The summed E-state index contributed by atoms with van der Waals surface area (Å²) in [4.78, 5) is 4.43. The number of benzene rings is 1. The highest BCUT2D eigenvalue weighted by molar-refractivity contribution is 5.35. The second kappa shape index (κ2) is 5.37. The van der Waals surface area contributed by atoms with Gasteiger partial charge in [0, 0.05) is 19.0 Å². The molecule has 0 amide bonds. The molecule has 0 radical (unpaired) electrons. The highest BCUT2D eigenvalue weighted by Gasteiger charge is 2.30. The molecule has 4 nitrogen and oxygen atoms in total. The molecule has 1 aromatic heterocycles. The molecule has 1 heterocycles. The van der Waals surface area contributed by atoms with Crippen LogP contribution in [0.2, 0.25) is 0 Å². The van der Waals surface area contributed by atoms with Crippen molar-refractivity contribution in [1.82, 2.24) is 14.8 Å². The van der Waals surface area contributed by atoms with E-state index in [2.05, 4.69) is 48.2 Å². The smallest absolute Gasteiger partial charge is 0.138 e. The first kappa shape index (κ1) is 13.3. The van der Waals surface area contributed by atoms with E-state index in [1.165, 1.54) is 11.1 Å². The monoisotopic (exact) mass is 270 g/mol. The summed E-state index contributed by atoms with van der Waals surface area (Å²) >= 11 is 0. The lowest BCUT2D eigenvalue weighted by Crippen LogP contribution is -2.21. The van der Waals surface area contributed by atoms with E-state index in [4.69, 9.17) is 5.73 Å². The standard InChI is InChI=1S/C16H22N4/c1-11(2)9-20-15(18-10-19-20)8-13-7-12-5-3-4-6-14(12)16(13)17/h3-6,10-11,13,16H,7-9,17H2,1-2H3. The summed E-state index contributed by atoms with van der Waals surface area (Å²) < 4.78 is 2.03. The normalized spacial score (nSPS) is 21.4. The lowest BCUT2D eigenvalue weighted by molar-refractivity contribution is 0.415. The number of nitrogens with zero attached hydrogens (tertiary/aromatic N) is 3. The Morgan fingerprint density at radius 3 is 2.90 bits per heavy atom. The first-order valence-corrected chi connectivity index (χ1v) is 7.35. The van der Waals surface area contributed by atoms with Crippen LogP contribution >= 0.6 is 0 Å². The molecule has 0 aliphatic heterocycles. The summed E-state index contributed by atoms with van der Waals surface area (Å²) in [6.07, 6.45) is 3.61. The van der Waals surface area contributed by atoms with Gasteiger partial charge < -0.3 is 5.73 Å². The van der Waals surface area contributed by atoms with E-state index in [0.717, 1.165) is 25.2 Å². The molecule has 1 aliphatic carbocycles. The van der Waals surface area contributed by atoms with Gasteiger partial charge in [0.1, 0.15) is 12.2 Å². The fraction of sp³-hybridized carbons (Fsp3) is 0.500.